The lowest BCUT2D eigenvalue weighted by Crippen LogP contribution is -2.27. The van der Waals surface area contributed by atoms with E-state index in [-0.39, 0.29) is 15.8 Å². The molecule has 0 aromatic heterocycles. The van der Waals surface area contributed by atoms with E-state index in [2.05, 4.69) is 4.72 Å². The van der Waals surface area contributed by atoms with Crippen molar-refractivity contribution in [3.8, 4) is 0 Å². The van der Waals surface area contributed by atoms with Crippen LogP contribution in [0.4, 0.5) is 5.69 Å². The summed E-state index contributed by atoms with van der Waals surface area (Å²) in [5.74, 6) is 0.186. The third-order valence-electron chi connectivity index (χ3n) is 4.42. The number of sulfonamides is 1. The van der Waals surface area contributed by atoms with Crippen LogP contribution in [0.5, 0.6) is 0 Å². The molecule has 2 aromatic rings. The summed E-state index contributed by atoms with van der Waals surface area (Å²) in [6, 6.07) is 13.4. The largest absolute Gasteiger partial charge is 0.343 e. The standard InChI is InChI=1S/C19H21ClN2O3S/c20-17-5-1-2-6-18(17)26(24,25)21-16-10-7-15(8-11-16)9-12-19(23)22-13-3-4-14-22/h1-2,5-8,10-11,21H,3-4,9,12-14H2. The number of carbonyl (C=O) groups excluding carboxylic acids is 1. The Hall–Kier alpha value is -2.05. The van der Waals surface area contributed by atoms with Gasteiger partial charge in [0.15, 0.2) is 0 Å². The smallest absolute Gasteiger partial charge is 0.263 e. The van der Waals surface area contributed by atoms with Crippen LogP contribution in [0.1, 0.15) is 24.8 Å². The molecule has 0 atom stereocenters. The van der Waals surface area contributed by atoms with E-state index in [0.29, 0.717) is 18.5 Å². The summed E-state index contributed by atoms with van der Waals surface area (Å²) in [6.45, 7) is 1.73. The van der Waals surface area contributed by atoms with Crippen LogP contribution in [-0.2, 0) is 21.2 Å². The van der Waals surface area contributed by atoms with Gasteiger partial charge in [-0.15, -0.1) is 0 Å². The molecule has 3 rings (SSSR count). The van der Waals surface area contributed by atoms with Crippen molar-refractivity contribution in [1.82, 2.24) is 4.90 Å². The lowest BCUT2D eigenvalue weighted by molar-refractivity contribution is -0.130. The monoisotopic (exact) mass is 392 g/mol. The molecular weight excluding hydrogens is 372 g/mol. The first kappa shape index (κ1) is 18.7. The fraction of sp³-hybridized carbons (Fsp3) is 0.316. The Kier molecular flexibility index (Phi) is 5.84. The van der Waals surface area contributed by atoms with Gasteiger partial charge in [0.05, 0.1) is 5.02 Å². The Bertz CT molecular complexity index is 876. The molecule has 1 fully saturated rings. The van der Waals surface area contributed by atoms with Gasteiger partial charge in [0, 0.05) is 25.2 Å². The van der Waals surface area contributed by atoms with Crippen molar-refractivity contribution < 1.29 is 13.2 Å². The zero-order valence-corrected chi connectivity index (χ0v) is 15.9. The Morgan fingerprint density at radius 1 is 1.04 bits per heavy atom. The van der Waals surface area contributed by atoms with E-state index in [1.807, 2.05) is 17.0 Å². The number of nitrogens with zero attached hydrogens (tertiary/aromatic N) is 1. The minimum atomic E-state index is -3.74. The predicted molar refractivity (Wildman–Crippen MR) is 103 cm³/mol. The number of rotatable bonds is 6. The van der Waals surface area contributed by atoms with Crippen molar-refractivity contribution in [1.29, 1.82) is 0 Å². The molecule has 138 valence electrons. The molecule has 1 heterocycles. The molecule has 0 saturated carbocycles. The lowest BCUT2D eigenvalue weighted by Gasteiger charge is -2.15. The molecule has 26 heavy (non-hydrogen) atoms. The first-order valence-electron chi connectivity index (χ1n) is 8.60. The summed E-state index contributed by atoms with van der Waals surface area (Å²) in [5, 5.41) is 0.178. The highest BCUT2D eigenvalue weighted by Crippen LogP contribution is 2.23. The van der Waals surface area contributed by atoms with Crippen LogP contribution >= 0.6 is 11.6 Å². The molecule has 0 radical (unpaired) electrons. The molecule has 0 unspecified atom stereocenters. The summed E-state index contributed by atoms with van der Waals surface area (Å²) in [6.07, 6.45) is 3.30. The number of amides is 1. The first-order chi connectivity index (χ1) is 12.5. The average Bonchev–Trinajstić information content (AvgIpc) is 3.15. The summed E-state index contributed by atoms with van der Waals surface area (Å²) in [4.78, 5) is 14.0. The number of aryl methyl sites for hydroxylation is 1. The molecule has 1 aliphatic rings. The minimum absolute atomic E-state index is 0.0435. The molecule has 0 bridgehead atoms. The van der Waals surface area contributed by atoms with E-state index in [1.165, 1.54) is 12.1 Å². The van der Waals surface area contributed by atoms with Gasteiger partial charge in [-0.3, -0.25) is 9.52 Å². The highest BCUT2D eigenvalue weighted by Gasteiger charge is 2.18. The number of hydrogen-bond acceptors (Lipinski definition) is 3. The maximum Gasteiger partial charge on any atom is 0.263 e. The van der Waals surface area contributed by atoms with E-state index in [0.717, 1.165) is 31.5 Å². The van der Waals surface area contributed by atoms with E-state index >= 15 is 0 Å². The van der Waals surface area contributed by atoms with Crippen molar-refractivity contribution >= 4 is 33.2 Å². The second-order valence-corrected chi connectivity index (χ2v) is 8.38. The predicted octanol–water partition coefficient (Wildman–Crippen LogP) is 3.70. The fourth-order valence-corrected chi connectivity index (χ4v) is 4.57. The maximum absolute atomic E-state index is 12.4. The summed E-state index contributed by atoms with van der Waals surface area (Å²) >= 11 is 5.97. The zero-order valence-electron chi connectivity index (χ0n) is 14.3. The van der Waals surface area contributed by atoms with Crippen molar-refractivity contribution in [2.75, 3.05) is 17.8 Å². The van der Waals surface area contributed by atoms with E-state index in [9.17, 15) is 13.2 Å². The lowest BCUT2D eigenvalue weighted by atomic mass is 10.1. The molecule has 0 spiro atoms. The number of halogens is 1. The second-order valence-electron chi connectivity index (χ2n) is 6.32. The molecular formula is C19H21ClN2O3S. The average molecular weight is 393 g/mol. The number of nitrogens with one attached hydrogen (secondary N) is 1. The SMILES string of the molecule is O=C(CCc1ccc(NS(=O)(=O)c2ccccc2Cl)cc1)N1CCCC1. The van der Waals surface area contributed by atoms with Crippen molar-refractivity contribution in [3.05, 3.63) is 59.1 Å². The molecule has 1 saturated heterocycles. The van der Waals surface area contributed by atoms with Crippen molar-refractivity contribution in [2.24, 2.45) is 0 Å². The molecule has 1 aliphatic heterocycles. The van der Waals surface area contributed by atoms with Crippen molar-refractivity contribution in [2.45, 2.75) is 30.6 Å². The summed E-state index contributed by atoms with van der Waals surface area (Å²) < 4.78 is 27.4. The Labute approximate surface area is 159 Å². The normalized spacial score (nSPS) is 14.4. The van der Waals surface area contributed by atoms with Gasteiger partial charge in [0.1, 0.15) is 4.90 Å². The van der Waals surface area contributed by atoms with Gasteiger partial charge in [0.2, 0.25) is 5.91 Å². The van der Waals surface area contributed by atoms with Gasteiger partial charge in [-0.1, -0.05) is 35.9 Å². The van der Waals surface area contributed by atoms with Crippen LogP contribution in [0.15, 0.2) is 53.4 Å². The van der Waals surface area contributed by atoms with Crippen molar-refractivity contribution in [3.63, 3.8) is 0 Å². The van der Waals surface area contributed by atoms with Gasteiger partial charge in [-0.05, 0) is 49.1 Å². The molecule has 5 nitrogen and oxygen atoms in total. The quantitative estimate of drug-likeness (QED) is 0.815. The molecule has 1 amide bonds. The van der Waals surface area contributed by atoms with Crippen LogP contribution in [0, 0.1) is 0 Å². The highest BCUT2D eigenvalue weighted by molar-refractivity contribution is 7.92. The third-order valence-corrected chi connectivity index (χ3v) is 6.30. The zero-order chi connectivity index (χ0) is 18.6. The van der Waals surface area contributed by atoms with Gasteiger partial charge in [-0.25, -0.2) is 8.42 Å². The third kappa shape index (κ3) is 4.56. The van der Waals surface area contributed by atoms with E-state index in [4.69, 9.17) is 11.6 Å². The molecule has 0 aliphatic carbocycles. The van der Waals surface area contributed by atoms with Gasteiger partial charge < -0.3 is 4.90 Å². The van der Waals surface area contributed by atoms with Crippen LogP contribution in [0.2, 0.25) is 5.02 Å². The van der Waals surface area contributed by atoms with E-state index in [1.54, 1.807) is 24.3 Å². The first-order valence-corrected chi connectivity index (χ1v) is 10.5. The Morgan fingerprint density at radius 3 is 2.35 bits per heavy atom. The van der Waals surface area contributed by atoms with Crippen LogP contribution < -0.4 is 4.72 Å². The number of likely N-dealkylation sites (tertiary alicyclic amines) is 1. The van der Waals surface area contributed by atoms with E-state index < -0.39 is 10.0 Å². The second kappa shape index (κ2) is 8.10. The fourth-order valence-electron chi connectivity index (χ4n) is 2.99. The number of anilines is 1. The van der Waals surface area contributed by atoms with Crippen LogP contribution in [-0.4, -0.2) is 32.3 Å². The topological polar surface area (TPSA) is 66.5 Å². The Morgan fingerprint density at radius 2 is 1.69 bits per heavy atom. The van der Waals surface area contributed by atoms with Gasteiger partial charge >= 0.3 is 0 Å². The molecule has 1 N–H and O–H groups in total. The minimum Gasteiger partial charge on any atom is -0.343 e. The summed E-state index contributed by atoms with van der Waals surface area (Å²) in [7, 11) is -3.74. The number of carbonyl (C=O) groups is 1. The highest BCUT2D eigenvalue weighted by atomic mass is 35.5. The van der Waals surface area contributed by atoms with Gasteiger partial charge in [-0.2, -0.15) is 0 Å². The maximum atomic E-state index is 12.4. The summed E-state index contributed by atoms with van der Waals surface area (Å²) in [5.41, 5.74) is 1.46. The number of benzene rings is 2. The molecule has 7 heteroatoms. The van der Waals surface area contributed by atoms with Crippen LogP contribution in [0.3, 0.4) is 0 Å². The number of hydrogen-bond donors (Lipinski definition) is 1. The van der Waals surface area contributed by atoms with Gasteiger partial charge in [0.25, 0.3) is 10.0 Å². The van der Waals surface area contributed by atoms with Crippen LogP contribution in [0.25, 0.3) is 0 Å². The Balaban J connectivity index is 1.61. The molecule has 2 aromatic carbocycles.